The lowest BCUT2D eigenvalue weighted by atomic mass is 9.59. The van der Waals surface area contributed by atoms with Crippen LogP contribution in [0, 0.1) is 5.92 Å². The summed E-state index contributed by atoms with van der Waals surface area (Å²) in [7, 11) is 0. The Hall–Kier alpha value is -1.06. The van der Waals surface area contributed by atoms with E-state index in [1.807, 2.05) is 6.92 Å². The maximum Gasteiger partial charge on any atom is 0.119 e. The molecular formula is C15H21NO2. The van der Waals surface area contributed by atoms with Crippen LogP contribution in [0.4, 0.5) is 0 Å². The second kappa shape index (κ2) is 4.56. The number of hydrogen-bond acceptors (Lipinski definition) is 3. The fraction of sp³-hybridized carbons (Fsp3) is 0.600. The van der Waals surface area contributed by atoms with E-state index in [1.54, 1.807) is 0 Å². The summed E-state index contributed by atoms with van der Waals surface area (Å²) in [6.07, 6.45) is 2.27. The van der Waals surface area contributed by atoms with Crippen molar-refractivity contribution in [2.75, 3.05) is 19.8 Å². The van der Waals surface area contributed by atoms with Gasteiger partial charge in [-0.05, 0) is 43.4 Å². The first kappa shape index (κ1) is 12.0. The van der Waals surface area contributed by atoms with E-state index in [0.717, 1.165) is 31.8 Å². The van der Waals surface area contributed by atoms with E-state index < -0.39 is 0 Å². The van der Waals surface area contributed by atoms with Gasteiger partial charge in [0.25, 0.3) is 0 Å². The smallest absolute Gasteiger partial charge is 0.119 e. The topological polar surface area (TPSA) is 44.5 Å². The standard InChI is InChI=1S/C15H21NO2/c1-2-18-14-5-3-11(4-6-14)15(9-17-10-15)12-7-13(16)8-12/h3-6,12-13H,2,7-10,16H2,1H3. The zero-order chi connectivity index (χ0) is 12.6. The summed E-state index contributed by atoms with van der Waals surface area (Å²) in [6.45, 7) is 4.41. The summed E-state index contributed by atoms with van der Waals surface area (Å²) in [4.78, 5) is 0. The van der Waals surface area contributed by atoms with Crippen molar-refractivity contribution in [2.45, 2.75) is 31.2 Å². The monoisotopic (exact) mass is 247 g/mol. The van der Waals surface area contributed by atoms with Crippen LogP contribution in [0.1, 0.15) is 25.3 Å². The van der Waals surface area contributed by atoms with Crippen molar-refractivity contribution in [3.05, 3.63) is 29.8 Å². The van der Waals surface area contributed by atoms with Crippen molar-refractivity contribution in [2.24, 2.45) is 11.7 Å². The first-order valence-electron chi connectivity index (χ1n) is 6.81. The molecule has 0 bridgehead atoms. The molecule has 3 heteroatoms. The third-order valence-electron chi connectivity index (χ3n) is 4.42. The molecule has 0 unspecified atom stereocenters. The van der Waals surface area contributed by atoms with Gasteiger partial charge in [0.05, 0.1) is 19.8 Å². The Morgan fingerprint density at radius 1 is 1.28 bits per heavy atom. The van der Waals surface area contributed by atoms with Crippen molar-refractivity contribution in [1.82, 2.24) is 0 Å². The molecule has 0 amide bonds. The average Bonchev–Trinajstić information content (AvgIpc) is 2.28. The van der Waals surface area contributed by atoms with E-state index in [2.05, 4.69) is 24.3 Å². The Morgan fingerprint density at radius 3 is 2.39 bits per heavy atom. The summed E-state index contributed by atoms with van der Waals surface area (Å²) in [5.74, 6) is 1.64. The number of rotatable bonds is 4. The quantitative estimate of drug-likeness (QED) is 0.886. The third kappa shape index (κ3) is 1.82. The first-order valence-corrected chi connectivity index (χ1v) is 6.81. The molecule has 1 saturated carbocycles. The van der Waals surface area contributed by atoms with Crippen LogP contribution in [0.25, 0.3) is 0 Å². The molecule has 1 aromatic carbocycles. The fourth-order valence-electron chi connectivity index (χ4n) is 3.12. The van der Waals surface area contributed by atoms with Gasteiger partial charge < -0.3 is 15.2 Å². The molecular weight excluding hydrogens is 226 g/mol. The van der Waals surface area contributed by atoms with Gasteiger partial charge in [0.15, 0.2) is 0 Å². The van der Waals surface area contributed by atoms with Crippen LogP contribution in [0.2, 0.25) is 0 Å². The van der Waals surface area contributed by atoms with Crippen LogP contribution in [0.5, 0.6) is 5.75 Å². The minimum absolute atomic E-state index is 0.223. The molecule has 3 rings (SSSR count). The van der Waals surface area contributed by atoms with Crippen molar-refractivity contribution in [1.29, 1.82) is 0 Å². The van der Waals surface area contributed by atoms with Crippen LogP contribution >= 0.6 is 0 Å². The van der Waals surface area contributed by atoms with E-state index in [4.69, 9.17) is 15.2 Å². The second-order valence-electron chi connectivity index (χ2n) is 5.53. The Morgan fingerprint density at radius 2 is 1.94 bits per heavy atom. The number of hydrogen-bond donors (Lipinski definition) is 1. The second-order valence-corrected chi connectivity index (χ2v) is 5.53. The van der Waals surface area contributed by atoms with Gasteiger partial charge in [0, 0.05) is 11.5 Å². The molecule has 2 N–H and O–H groups in total. The zero-order valence-electron chi connectivity index (χ0n) is 10.9. The molecule has 0 aromatic heterocycles. The highest BCUT2D eigenvalue weighted by molar-refractivity contribution is 5.35. The maximum atomic E-state index is 5.93. The Bertz CT molecular complexity index is 405. The van der Waals surface area contributed by atoms with Gasteiger partial charge in [-0.3, -0.25) is 0 Å². The summed E-state index contributed by atoms with van der Waals surface area (Å²) in [6, 6.07) is 8.92. The highest BCUT2D eigenvalue weighted by Gasteiger charge is 2.51. The molecule has 1 aromatic rings. The number of nitrogens with two attached hydrogens (primary N) is 1. The molecule has 98 valence electrons. The van der Waals surface area contributed by atoms with Gasteiger partial charge in [-0.2, -0.15) is 0 Å². The minimum Gasteiger partial charge on any atom is -0.494 e. The SMILES string of the molecule is CCOc1ccc(C2(C3CC(N)C3)COC2)cc1. The fourth-order valence-corrected chi connectivity index (χ4v) is 3.12. The molecule has 0 spiro atoms. The molecule has 2 aliphatic rings. The molecule has 2 fully saturated rings. The molecule has 0 radical (unpaired) electrons. The van der Waals surface area contributed by atoms with Gasteiger partial charge in [-0.25, -0.2) is 0 Å². The summed E-state index contributed by atoms with van der Waals surface area (Å²) in [5.41, 5.74) is 7.53. The number of ether oxygens (including phenoxy) is 2. The van der Waals surface area contributed by atoms with Crippen molar-refractivity contribution in [3.8, 4) is 5.75 Å². The lowest BCUT2D eigenvalue weighted by molar-refractivity contribution is -0.111. The zero-order valence-corrected chi connectivity index (χ0v) is 10.9. The van der Waals surface area contributed by atoms with Crippen molar-refractivity contribution < 1.29 is 9.47 Å². The average molecular weight is 247 g/mol. The lowest BCUT2D eigenvalue weighted by Crippen LogP contribution is -2.58. The van der Waals surface area contributed by atoms with E-state index in [1.165, 1.54) is 5.56 Å². The summed E-state index contributed by atoms with van der Waals surface area (Å²) >= 11 is 0. The van der Waals surface area contributed by atoms with Crippen molar-refractivity contribution in [3.63, 3.8) is 0 Å². The Kier molecular flexibility index (Phi) is 3.04. The van der Waals surface area contributed by atoms with Crippen LogP contribution in [-0.4, -0.2) is 25.9 Å². The van der Waals surface area contributed by atoms with Crippen LogP contribution < -0.4 is 10.5 Å². The molecule has 1 aliphatic carbocycles. The third-order valence-corrected chi connectivity index (χ3v) is 4.42. The van der Waals surface area contributed by atoms with Crippen LogP contribution in [0.3, 0.4) is 0 Å². The minimum atomic E-state index is 0.223. The van der Waals surface area contributed by atoms with E-state index >= 15 is 0 Å². The van der Waals surface area contributed by atoms with Gasteiger partial charge in [-0.1, -0.05) is 12.1 Å². The molecule has 1 heterocycles. The molecule has 1 aliphatic heterocycles. The maximum absolute atomic E-state index is 5.93. The molecule has 18 heavy (non-hydrogen) atoms. The predicted octanol–water partition coefficient (Wildman–Crippen LogP) is 2.09. The largest absolute Gasteiger partial charge is 0.494 e. The summed E-state index contributed by atoms with van der Waals surface area (Å²) < 4.78 is 11.0. The van der Waals surface area contributed by atoms with Gasteiger partial charge >= 0.3 is 0 Å². The molecule has 1 saturated heterocycles. The Labute approximate surface area is 108 Å². The normalized spacial score (nSPS) is 29.2. The molecule has 3 nitrogen and oxygen atoms in total. The highest BCUT2D eigenvalue weighted by Crippen LogP contribution is 2.48. The van der Waals surface area contributed by atoms with E-state index in [0.29, 0.717) is 18.6 Å². The van der Waals surface area contributed by atoms with Crippen molar-refractivity contribution >= 4 is 0 Å². The Balaban J connectivity index is 1.79. The lowest BCUT2D eigenvalue weighted by Gasteiger charge is -2.53. The van der Waals surface area contributed by atoms with E-state index in [9.17, 15) is 0 Å². The summed E-state index contributed by atoms with van der Waals surface area (Å²) in [5, 5.41) is 0. The van der Waals surface area contributed by atoms with Gasteiger partial charge in [0.2, 0.25) is 0 Å². The van der Waals surface area contributed by atoms with Gasteiger partial charge in [0.1, 0.15) is 5.75 Å². The predicted molar refractivity (Wildman–Crippen MR) is 70.8 cm³/mol. The molecule has 0 atom stereocenters. The van der Waals surface area contributed by atoms with Gasteiger partial charge in [-0.15, -0.1) is 0 Å². The highest BCUT2D eigenvalue weighted by atomic mass is 16.5. The number of benzene rings is 1. The van der Waals surface area contributed by atoms with Crippen LogP contribution in [-0.2, 0) is 10.2 Å². The first-order chi connectivity index (χ1) is 8.74. The van der Waals surface area contributed by atoms with Crippen LogP contribution in [0.15, 0.2) is 24.3 Å². The van der Waals surface area contributed by atoms with E-state index in [-0.39, 0.29) is 5.41 Å².